The third-order valence-corrected chi connectivity index (χ3v) is 4.13. The third kappa shape index (κ3) is 3.84. The molecule has 1 heterocycles. The number of halogens is 2. The molecule has 20 heavy (non-hydrogen) atoms. The molecule has 0 spiro atoms. The summed E-state index contributed by atoms with van der Waals surface area (Å²) in [5, 5.41) is 8.63. The van der Waals surface area contributed by atoms with Gasteiger partial charge in [0.05, 0.1) is 12.7 Å². The molecule has 2 aromatic rings. The van der Waals surface area contributed by atoms with Gasteiger partial charge in [-0.2, -0.15) is 5.10 Å². The first-order valence-electron chi connectivity index (χ1n) is 6.77. The van der Waals surface area contributed by atoms with Crippen molar-refractivity contribution in [2.24, 2.45) is 0 Å². The Bertz CT molecular complexity index is 580. The van der Waals surface area contributed by atoms with E-state index in [0.29, 0.717) is 6.54 Å². The van der Waals surface area contributed by atoms with Crippen LogP contribution < -0.4 is 5.32 Å². The van der Waals surface area contributed by atoms with Crippen molar-refractivity contribution in [3.05, 3.63) is 50.7 Å². The van der Waals surface area contributed by atoms with Crippen LogP contribution in [0.25, 0.3) is 0 Å². The molecule has 1 aromatic heterocycles. The molecule has 0 aliphatic heterocycles. The normalized spacial score (nSPS) is 11.0. The van der Waals surface area contributed by atoms with Crippen LogP contribution in [0.3, 0.4) is 0 Å². The number of nitrogens with one attached hydrogen (secondary N) is 1. The van der Waals surface area contributed by atoms with Gasteiger partial charge in [0.15, 0.2) is 0 Å². The van der Waals surface area contributed by atoms with E-state index in [9.17, 15) is 0 Å². The largest absolute Gasteiger partial charge is 0.313 e. The lowest BCUT2D eigenvalue weighted by Gasteiger charge is -2.08. The lowest BCUT2D eigenvalue weighted by atomic mass is 10.2. The summed E-state index contributed by atoms with van der Waals surface area (Å²) >= 11 is 9.68. The van der Waals surface area contributed by atoms with E-state index >= 15 is 0 Å². The van der Waals surface area contributed by atoms with E-state index in [1.54, 1.807) is 0 Å². The summed E-state index contributed by atoms with van der Waals surface area (Å²) in [7, 11) is 0. The first kappa shape index (κ1) is 15.5. The summed E-state index contributed by atoms with van der Waals surface area (Å²) < 4.78 is 2.99. The van der Waals surface area contributed by atoms with Crippen molar-refractivity contribution in [2.45, 2.75) is 33.4 Å². The van der Waals surface area contributed by atoms with Crippen molar-refractivity contribution >= 4 is 27.5 Å². The van der Waals surface area contributed by atoms with Crippen LogP contribution in [0.15, 0.2) is 28.9 Å². The zero-order valence-electron chi connectivity index (χ0n) is 11.8. The first-order valence-corrected chi connectivity index (χ1v) is 7.94. The minimum atomic E-state index is 0.700. The van der Waals surface area contributed by atoms with Crippen LogP contribution in [-0.2, 0) is 13.1 Å². The lowest BCUT2D eigenvalue weighted by molar-refractivity contribution is 0.651. The standard InChI is InChI=1S/C15H19BrClN3/c1-3-6-18-8-13-9-19-20(11(13)2)10-12-4-5-14(16)7-15(12)17/h4-5,7,9,18H,3,6,8,10H2,1-2H3. The minimum Gasteiger partial charge on any atom is -0.313 e. The minimum absolute atomic E-state index is 0.700. The second kappa shape index (κ2) is 7.25. The highest BCUT2D eigenvalue weighted by Crippen LogP contribution is 2.22. The van der Waals surface area contributed by atoms with Crippen molar-refractivity contribution in [3.63, 3.8) is 0 Å². The third-order valence-electron chi connectivity index (χ3n) is 3.28. The van der Waals surface area contributed by atoms with E-state index < -0.39 is 0 Å². The molecule has 0 fully saturated rings. The second-order valence-corrected chi connectivity index (χ2v) is 6.15. The van der Waals surface area contributed by atoms with Crippen molar-refractivity contribution in [2.75, 3.05) is 6.54 Å². The molecule has 2 rings (SSSR count). The monoisotopic (exact) mass is 355 g/mol. The van der Waals surface area contributed by atoms with Gasteiger partial charge < -0.3 is 5.32 Å². The maximum atomic E-state index is 6.26. The van der Waals surface area contributed by atoms with E-state index in [0.717, 1.165) is 34.6 Å². The summed E-state index contributed by atoms with van der Waals surface area (Å²) in [4.78, 5) is 0. The topological polar surface area (TPSA) is 29.9 Å². The van der Waals surface area contributed by atoms with Crippen molar-refractivity contribution in [1.29, 1.82) is 0 Å². The first-order chi connectivity index (χ1) is 9.61. The maximum Gasteiger partial charge on any atom is 0.0677 e. The SMILES string of the molecule is CCCNCc1cnn(Cc2ccc(Br)cc2Cl)c1C. The van der Waals surface area contributed by atoms with Gasteiger partial charge in [-0.15, -0.1) is 0 Å². The molecule has 0 aliphatic rings. The van der Waals surface area contributed by atoms with Gasteiger partial charge in [0.2, 0.25) is 0 Å². The van der Waals surface area contributed by atoms with Crippen LogP contribution in [0.2, 0.25) is 5.02 Å². The Morgan fingerprint density at radius 2 is 2.15 bits per heavy atom. The molecule has 1 N–H and O–H groups in total. The fraction of sp³-hybridized carbons (Fsp3) is 0.400. The van der Waals surface area contributed by atoms with E-state index in [1.807, 2.05) is 29.1 Å². The predicted octanol–water partition coefficient (Wildman–Crippen LogP) is 4.16. The Morgan fingerprint density at radius 1 is 1.35 bits per heavy atom. The van der Waals surface area contributed by atoms with Crippen LogP contribution in [0.4, 0.5) is 0 Å². The summed E-state index contributed by atoms with van der Waals surface area (Å²) in [6.07, 6.45) is 3.08. The highest BCUT2D eigenvalue weighted by atomic mass is 79.9. The quantitative estimate of drug-likeness (QED) is 0.788. The number of benzene rings is 1. The predicted molar refractivity (Wildman–Crippen MR) is 87.2 cm³/mol. The molecule has 0 amide bonds. The van der Waals surface area contributed by atoms with Gasteiger partial charge in [-0.3, -0.25) is 4.68 Å². The average molecular weight is 357 g/mol. The zero-order valence-corrected chi connectivity index (χ0v) is 14.1. The van der Waals surface area contributed by atoms with Crippen LogP contribution in [0, 0.1) is 6.92 Å². The number of nitrogens with zero attached hydrogens (tertiary/aromatic N) is 2. The maximum absolute atomic E-state index is 6.26. The Hall–Kier alpha value is -0.840. The van der Waals surface area contributed by atoms with Crippen LogP contribution >= 0.6 is 27.5 Å². The molecule has 0 radical (unpaired) electrons. The molecular weight excluding hydrogens is 338 g/mol. The highest BCUT2D eigenvalue weighted by Gasteiger charge is 2.08. The Balaban J connectivity index is 2.10. The molecule has 1 aromatic carbocycles. The molecule has 0 bridgehead atoms. The number of hydrogen-bond donors (Lipinski definition) is 1. The average Bonchev–Trinajstić information content (AvgIpc) is 2.75. The van der Waals surface area contributed by atoms with Gasteiger partial charge in [-0.25, -0.2) is 0 Å². The van der Waals surface area contributed by atoms with Gasteiger partial charge in [-0.05, 0) is 37.6 Å². The second-order valence-electron chi connectivity index (χ2n) is 4.83. The molecule has 0 aliphatic carbocycles. The Labute approximate surface area is 133 Å². The Kier molecular flexibility index (Phi) is 5.64. The van der Waals surface area contributed by atoms with Gasteiger partial charge in [0, 0.05) is 27.3 Å². The summed E-state index contributed by atoms with van der Waals surface area (Å²) in [6.45, 7) is 6.87. The van der Waals surface area contributed by atoms with Gasteiger partial charge >= 0.3 is 0 Å². The summed E-state index contributed by atoms with van der Waals surface area (Å²) in [5.41, 5.74) is 3.51. The smallest absolute Gasteiger partial charge is 0.0677 e. The van der Waals surface area contributed by atoms with Gasteiger partial charge in [0.25, 0.3) is 0 Å². The highest BCUT2D eigenvalue weighted by molar-refractivity contribution is 9.10. The summed E-state index contributed by atoms with van der Waals surface area (Å²) in [5.74, 6) is 0. The Morgan fingerprint density at radius 3 is 2.85 bits per heavy atom. The number of rotatable bonds is 6. The van der Waals surface area contributed by atoms with E-state index in [4.69, 9.17) is 11.6 Å². The van der Waals surface area contributed by atoms with Crippen molar-refractivity contribution < 1.29 is 0 Å². The van der Waals surface area contributed by atoms with Crippen LogP contribution in [0.1, 0.15) is 30.2 Å². The fourth-order valence-corrected chi connectivity index (χ4v) is 2.76. The molecular formula is C15H19BrClN3. The molecule has 0 saturated carbocycles. The lowest BCUT2D eigenvalue weighted by Crippen LogP contribution is -2.14. The molecule has 3 nitrogen and oxygen atoms in total. The molecule has 108 valence electrons. The molecule has 0 unspecified atom stereocenters. The number of hydrogen-bond acceptors (Lipinski definition) is 2. The van der Waals surface area contributed by atoms with Crippen molar-refractivity contribution in [1.82, 2.24) is 15.1 Å². The van der Waals surface area contributed by atoms with E-state index in [1.165, 1.54) is 11.3 Å². The molecule has 0 saturated heterocycles. The summed E-state index contributed by atoms with van der Waals surface area (Å²) in [6, 6.07) is 5.95. The van der Waals surface area contributed by atoms with Gasteiger partial charge in [0.1, 0.15) is 0 Å². The zero-order chi connectivity index (χ0) is 14.5. The number of aromatic nitrogens is 2. The van der Waals surface area contributed by atoms with E-state index in [2.05, 4.69) is 40.2 Å². The molecule has 0 atom stereocenters. The van der Waals surface area contributed by atoms with Crippen LogP contribution in [0.5, 0.6) is 0 Å². The fourth-order valence-electron chi connectivity index (χ4n) is 2.03. The van der Waals surface area contributed by atoms with Crippen LogP contribution in [-0.4, -0.2) is 16.3 Å². The molecule has 5 heteroatoms. The van der Waals surface area contributed by atoms with E-state index in [-0.39, 0.29) is 0 Å². The van der Waals surface area contributed by atoms with Crippen molar-refractivity contribution in [3.8, 4) is 0 Å². The van der Waals surface area contributed by atoms with Gasteiger partial charge in [-0.1, -0.05) is 40.5 Å².